The molecule has 1 aromatic heterocycles. The van der Waals surface area contributed by atoms with Crippen LogP contribution < -0.4 is 5.32 Å². The Balaban J connectivity index is 2.28. The van der Waals surface area contributed by atoms with Gasteiger partial charge in [-0.1, -0.05) is 12.1 Å². The first kappa shape index (κ1) is 13.1. The first-order chi connectivity index (χ1) is 7.76. The van der Waals surface area contributed by atoms with Crippen LogP contribution in [0.2, 0.25) is 0 Å². The number of ether oxygens (including phenoxy) is 1. The maximum Gasteiger partial charge on any atom is 0.240 e. The van der Waals surface area contributed by atoms with Crippen molar-refractivity contribution < 1.29 is 9.26 Å². The van der Waals surface area contributed by atoms with Crippen molar-refractivity contribution in [2.45, 2.75) is 46.2 Å². The molecular formula is C11H21N3O2. The van der Waals surface area contributed by atoms with Crippen molar-refractivity contribution in [1.82, 2.24) is 15.5 Å². The molecular weight excluding hydrogens is 206 g/mol. The second-order valence-corrected chi connectivity index (χ2v) is 3.74. The third kappa shape index (κ3) is 4.72. The smallest absolute Gasteiger partial charge is 0.240 e. The summed E-state index contributed by atoms with van der Waals surface area (Å²) in [5.74, 6) is 1.36. The van der Waals surface area contributed by atoms with E-state index in [-0.39, 0.29) is 0 Å². The summed E-state index contributed by atoms with van der Waals surface area (Å²) < 4.78 is 10.3. The van der Waals surface area contributed by atoms with Gasteiger partial charge in [0.1, 0.15) is 0 Å². The SMILES string of the molecule is CCOCCc1noc(CNC(C)CC)n1. The van der Waals surface area contributed by atoms with Crippen LogP contribution in [-0.2, 0) is 17.7 Å². The zero-order chi connectivity index (χ0) is 11.8. The monoisotopic (exact) mass is 227 g/mol. The van der Waals surface area contributed by atoms with Gasteiger partial charge < -0.3 is 14.6 Å². The van der Waals surface area contributed by atoms with Gasteiger partial charge in [0.15, 0.2) is 5.82 Å². The molecule has 1 rings (SSSR count). The minimum absolute atomic E-state index is 0.471. The predicted molar refractivity (Wildman–Crippen MR) is 61.1 cm³/mol. The van der Waals surface area contributed by atoms with E-state index in [1.807, 2.05) is 6.92 Å². The molecule has 0 aliphatic carbocycles. The minimum Gasteiger partial charge on any atom is -0.381 e. The van der Waals surface area contributed by atoms with Crippen molar-refractivity contribution in [2.75, 3.05) is 13.2 Å². The summed E-state index contributed by atoms with van der Waals surface area (Å²) in [6.07, 6.45) is 1.80. The van der Waals surface area contributed by atoms with Crippen LogP contribution in [0.4, 0.5) is 0 Å². The van der Waals surface area contributed by atoms with E-state index in [1.165, 1.54) is 0 Å². The molecule has 1 N–H and O–H groups in total. The lowest BCUT2D eigenvalue weighted by atomic mass is 10.3. The zero-order valence-electron chi connectivity index (χ0n) is 10.3. The molecule has 1 aromatic rings. The summed E-state index contributed by atoms with van der Waals surface area (Å²) in [4.78, 5) is 4.27. The van der Waals surface area contributed by atoms with Crippen LogP contribution in [0.25, 0.3) is 0 Å². The molecule has 0 saturated heterocycles. The molecule has 1 atom stereocenters. The van der Waals surface area contributed by atoms with Gasteiger partial charge in [0.05, 0.1) is 13.2 Å². The highest BCUT2D eigenvalue weighted by Gasteiger charge is 2.06. The van der Waals surface area contributed by atoms with Gasteiger partial charge in [-0.3, -0.25) is 0 Å². The van der Waals surface area contributed by atoms with Gasteiger partial charge in [0.25, 0.3) is 0 Å². The average molecular weight is 227 g/mol. The summed E-state index contributed by atoms with van der Waals surface area (Å²) >= 11 is 0. The lowest BCUT2D eigenvalue weighted by molar-refractivity contribution is 0.149. The van der Waals surface area contributed by atoms with Crippen molar-refractivity contribution in [1.29, 1.82) is 0 Å². The third-order valence-corrected chi connectivity index (χ3v) is 2.40. The Hall–Kier alpha value is -0.940. The fourth-order valence-corrected chi connectivity index (χ4v) is 1.18. The van der Waals surface area contributed by atoms with Gasteiger partial charge in [-0.2, -0.15) is 4.98 Å². The summed E-state index contributed by atoms with van der Waals surface area (Å²) in [5, 5.41) is 7.19. The number of nitrogens with one attached hydrogen (secondary N) is 1. The van der Waals surface area contributed by atoms with Crippen molar-refractivity contribution in [3.63, 3.8) is 0 Å². The first-order valence-corrected chi connectivity index (χ1v) is 5.88. The van der Waals surface area contributed by atoms with Crippen molar-refractivity contribution in [3.8, 4) is 0 Å². The lowest BCUT2D eigenvalue weighted by Crippen LogP contribution is -2.24. The lowest BCUT2D eigenvalue weighted by Gasteiger charge is -2.07. The topological polar surface area (TPSA) is 60.2 Å². The Labute approximate surface area is 96.6 Å². The van der Waals surface area contributed by atoms with E-state index < -0.39 is 0 Å². The second-order valence-electron chi connectivity index (χ2n) is 3.74. The molecule has 5 heteroatoms. The van der Waals surface area contributed by atoms with Gasteiger partial charge in [-0.15, -0.1) is 0 Å². The molecule has 0 spiro atoms. The van der Waals surface area contributed by atoms with Crippen LogP contribution >= 0.6 is 0 Å². The van der Waals surface area contributed by atoms with Crippen molar-refractivity contribution in [3.05, 3.63) is 11.7 Å². The fraction of sp³-hybridized carbons (Fsp3) is 0.818. The molecule has 1 heterocycles. The maximum atomic E-state index is 5.22. The summed E-state index contributed by atoms with van der Waals surface area (Å²) in [6, 6.07) is 0.471. The number of nitrogens with zero attached hydrogens (tertiary/aromatic N) is 2. The first-order valence-electron chi connectivity index (χ1n) is 5.88. The molecule has 5 nitrogen and oxygen atoms in total. The largest absolute Gasteiger partial charge is 0.381 e. The van der Waals surface area contributed by atoms with Gasteiger partial charge in [-0.25, -0.2) is 0 Å². The van der Waals surface area contributed by atoms with Crippen LogP contribution in [0.15, 0.2) is 4.52 Å². The fourth-order valence-electron chi connectivity index (χ4n) is 1.18. The summed E-state index contributed by atoms with van der Waals surface area (Å²) in [5.41, 5.74) is 0. The Morgan fingerprint density at radius 3 is 2.94 bits per heavy atom. The standard InChI is InChI=1S/C11H21N3O2/c1-4-9(3)12-8-11-13-10(14-16-11)6-7-15-5-2/h9,12H,4-8H2,1-3H3. The van der Waals surface area contributed by atoms with E-state index in [0.29, 0.717) is 31.5 Å². The molecule has 0 aromatic carbocycles. The molecule has 16 heavy (non-hydrogen) atoms. The van der Waals surface area contributed by atoms with E-state index >= 15 is 0 Å². The van der Waals surface area contributed by atoms with Gasteiger partial charge >= 0.3 is 0 Å². The normalized spacial score (nSPS) is 12.9. The van der Waals surface area contributed by atoms with E-state index in [0.717, 1.165) is 18.9 Å². The Kier molecular flexibility index (Phi) is 6.03. The predicted octanol–water partition coefficient (Wildman–Crippen LogP) is 1.54. The highest BCUT2D eigenvalue weighted by atomic mass is 16.5. The van der Waals surface area contributed by atoms with Gasteiger partial charge in [0, 0.05) is 19.1 Å². The second kappa shape index (κ2) is 7.35. The van der Waals surface area contributed by atoms with E-state index in [2.05, 4.69) is 29.3 Å². The van der Waals surface area contributed by atoms with Crippen LogP contribution in [0.1, 0.15) is 38.9 Å². The molecule has 0 aliphatic heterocycles. The van der Waals surface area contributed by atoms with Gasteiger partial charge in [0.2, 0.25) is 5.89 Å². The number of hydrogen-bond donors (Lipinski definition) is 1. The highest BCUT2D eigenvalue weighted by Crippen LogP contribution is 1.99. The molecule has 0 aliphatic rings. The van der Waals surface area contributed by atoms with Crippen LogP contribution in [-0.4, -0.2) is 29.4 Å². The van der Waals surface area contributed by atoms with Crippen LogP contribution in [0, 0.1) is 0 Å². The Morgan fingerprint density at radius 2 is 2.25 bits per heavy atom. The summed E-state index contributed by atoms with van der Waals surface area (Å²) in [7, 11) is 0. The van der Waals surface area contributed by atoms with E-state index in [4.69, 9.17) is 9.26 Å². The number of rotatable bonds is 8. The Morgan fingerprint density at radius 1 is 1.44 bits per heavy atom. The van der Waals surface area contributed by atoms with Crippen molar-refractivity contribution >= 4 is 0 Å². The van der Waals surface area contributed by atoms with Crippen molar-refractivity contribution in [2.24, 2.45) is 0 Å². The quantitative estimate of drug-likeness (QED) is 0.682. The van der Waals surface area contributed by atoms with Gasteiger partial charge in [-0.05, 0) is 20.3 Å². The summed E-state index contributed by atoms with van der Waals surface area (Å²) in [6.45, 7) is 8.24. The number of aromatic nitrogens is 2. The van der Waals surface area contributed by atoms with E-state index in [9.17, 15) is 0 Å². The third-order valence-electron chi connectivity index (χ3n) is 2.40. The molecule has 92 valence electrons. The van der Waals surface area contributed by atoms with Crippen LogP contribution in [0.5, 0.6) is 0 Å². The molecule has 1 unspecified atom stereocenters. The maximum absolute atomic E-state index is 5.22. The zero-order valence-corrected chi connectivity index (χ0v) is 10.3. The Bertz CT molecular complexity index is 289. The molecule has 0 bridgehead atoms. The van der Waals surface area contributed by atoms with E-state index in [1.54, 1.807) is 0 Å². The minimum atomic E-state index is 0.471. The molecule has 0 fully saturated rings. The number of hydrogen-bond acceptors (Lipinski definition) is 5. The molecule has 0 radical (unpaired) electrons. The molecule has 0 saturated carbocycles. The van der Waals surface area contributed by atoms with Crippen LogP contribution in [0.3, 0.4) is 0 Å². The highest BCUT2D eigenvalue weighted by molar-refractivity contribution is 4.86. The molecule has 0 amide bonds. The average Bonchev–Trinajstić information content (AvgIpc) is 2.74.